The average Bonchev–Trinajstić information content (AvgIpc) is 2.93. The van der Waals surface area contributed by atoms with Crippen molar-refractivity contribution in [3.05, 3.63) is 93.0 Å². The van der Waals surface area contributed by atoms with E-state index in [0.29, 0.717) is 0 Å². The molecule has 4 bridgehead atoms. The van der Waals surface area contributed by atoms with E-state index in [4.69, 9.17) is 0 Å². The van der Waals surface area contributed by atoms with Crippen molar-refractivity contribution in [3.8, 4) is 22.3 Å². The third kappa shape index (κ3) is 4.72. The van der Waals surface area contributed by atoms with Gasteiger partial charge in [-0.3, -0.25) is 0 Å². The normalized spacial score (nSPS) is 17.0. The van der Waals surface area contributed by atoms with Gasteiger partial charge in [0.05, 0.1) is 22.7 Å². The van der Waals surface area contributed by atoms with Crippen LogP contribution in [0.25, 0.3) is 22.3 Å². The van der Waals surface area contributed by atoms with Crippen LogP contribution in [-0.2, 0) is 32.5 Å². The van der Waals surface area contributed by atoms with Gasteiger partial charge in [0, 0.05) is 33.1 Å². The maximum Gasteiger partial charge on any atom is 0.0506 e. The summed E-state index contributed by atoms with van der Waals surface area (Å²) in [6.45, 7) is 38.0. The molecule has 0 saturated heterocycles. The van der Waals surface area contributed by atoms with E-state index in [0.717, 1.165) is 0 Å². The lowest BCUT2D eigenvalue weighted by Gasteiger charge is -2.44. The number of rotatable bonds is 0. The zero-order valence-electron chi connectivity index (χ0n) is 32.6. The van der Waals surface area contributed by atoms with Crippen LogP contribution >= 0.6 is 0 Å². The Balaban J connectivity index is 1.76. The second-order valence-corrected chi connectivity index (χ2v) is 20.3. The lowest BCUT2D eigenvalue weighted by Crippen LogP contribution is -2.31. The monoisotopic (exact) mass is 638 g/mol. The van der Waals surface area contributed by atoms with E-state index in [2.05, 4.69) is 170 Å². The van der Waals surface area contributed by atoms with Gasteiger partial charge in [-0.1, -0.05) is 135 Å². The maximum absolute atomic E-state index is 4.19. The zero-order chi connectivity index (χ0) is 35.3. The SMILES string of the molecule is CC(C)(C)c1cc2c3c(c1)C(C)(C)c1cc(C(C)(C)C)cc(c1N3)-c1cc(C(C)(C)C)cc3c1Nc1c-2cc(C(C)(C)C)cc1C3(C)C. The van der Waals surface area contributed by atoms with Crippen LogP contribution in [0.15, 0.2) is 48.5 Å². The Morgan fingerprint density at radius 3 is 0.688 bits per heavy atom. The highest BCUT2D eigenvalue weighted by molar-refractivity contribution is 6.04. The van der Waals surface area contributed by atoms with E-state index in [-0.39, 0.29) is 32.5 Å². The molecule has 0 amide bonds. The fourth-order valence-electron chi connectivity index (χ4n) is 8.20. The second kappa shape index (κ2) is 9.58. The summed E-state index contributed by atoms with van der Waals surface area (Å²) in [5.74, 6) is 0. The lowest BCUT2D eigenvalue weighted by atomic mass is 9.65. The minimum Gasteiger partial charge on any atom is -0.354 e. The minimum atomic E-state index is -0.215. The van der Waals surface area contributed by atoms with Gasteiger partial charge >= 0.3 is 0 Å². The fraction of sp³-hybridized carbons (Fsp3) is 0.478. The largest absolute Gasteiger partial charge is 0.354 e. The van der Waals surface area contributed by atoms with Crippen LogP contribution in [0.2, 0.25) is 0 Å². The van der Waals surface area contributed by atoms with Gasteiger partial charge in [0.1, 0.15) is 0 Å². The fourth-order valence-corrected chi connectivity index (χ4v) is 8.20. The van der Waals surface area contributed by atoms with Crippen molar-refractivity contribution >= 4 is 22.7 Å². The van der Waals surface area contributed by atoms with Gasteiger partial charge in [-0.25, -0.2) is 0 Å². The summed E-state index contributed by atoms with van der Waals surface area (Å²) in [7, 11) is 0. The van der Waals surface area contributed by atoms with Gasteiger partial charge in [-0.2, -0.15) is 0 Å². The summed E-state index contributed by atoms with van der Waals surface area (Å²) < 4.78 is 0. The molecule has 2 nitrogen and oxygen atoms in total. The van der Waals surface area contributed by atoms with Crippen molar-refractivity contribution in [1.29, 1.82) is 0 Å². The number of hydrogen-bond donors (Lipinski definition) is 2. The van der Waals surface area contributed by atoms with E-state index in [9.17, 15) is 0 Å². The molecule has 2 heteroatoms. The Hall–Kier alpha value is -3.52. The third-order valence-corrected chi connectivity index (χ3v) is 11.8. The molecule has 3 aliphatic rings. The number of fused-ring (bicyclic) bond motifs is 2. The highest BCUT2D eigenvalue weighted by Crippen LogP contribution is 2.60. The molecule has 7 rings (SSSR count). The molecule has 0 aromatic heterocycles. The van der Waals surface area contributed by atoms with Crippen LogP contribution in [0.1, 0.15) is 155 Å². The smallest absolute Gasteiger partial charge is 0.0506 e. The topological polar surface area (TPSA) is 24.1 Å². The molecule has 0 radical (unpaired) electrons. The Kier molecular flexibility index (Phi) is 6.59. The molecule has 0 atom stereocenters. The quantitative estimate of drug-likeness (QED) is 0.176. The number of benzene rings is 4. The van der Waals surface area contributed by atoms with E-state index in [1.165, 1.54) is 89.5 Å². The van der Waals surface area contributed by atoms with Crippen molar-refractivity contribution < 1.29 is 0 Å². The van der Waals surface area contributed by atoms with Crippen molar-refractivity contribution in [2.75, 3.05) is 10.6 Å². The molecule has 0 saturated carbocycles. The Bertz CT molecular complexity index is 1750. The Morgan fingerprint density at radius 2 is 0.521 bits per heavy atom. The van der Waals surface area contributed by atoms with Crippen LogP contribution in [-0.4, -0.2) is 0 Å². The molecule has 3 heterocycles. The van der Waals surface area contributed by atoms with E-state index >= 15 is 0 Å². The van der Waals surface area contributed by atoms with E-state index in [1.54, 1.807) is 0 Å². The Labute approximate surface area is 291 Å². The summed E-state index contributed by atoms with van der Waals surface area (Å²) >= 11 is 0. The highest BCUT2D eigenvalue weighted by Gasteiger charge is 2.43. The lowest BCUT2D eigenvalue weighted by molar-refractivity contribution is 0.573. The summed E-state index contributed by atoms with van der Waals surface area (Å²) in [4.78, 5) is 0. The number of hydrogen-bond acceptors (Lipinski definition) is 2. The Morgan fingerprint density at radius 1 is 0.333 bits per heavy atom. The summed E-state index contributed by atoms with van der Waals surface area (Å²) in [6.07, 6.45) is 0. The summed E-state index contributed by atoms with van der Waals surface area (Å²) in [5, 5.41) is 8.38. The molecule has 48 heavy (non-hydrogen) atoms. The zero-order valence-corrected chi connectivity index (χ0v) is 32.6. The number of nitrogens with one attached hydrogen (secondary N) is 2. The summed E-state index contributed by atoms with van der Waals surface area (Å²) in [5.41, 5.74) is 20.7. The van der Waals surface area contributed by atoms with Gasteiger partial charge < -0.3 is 10.6 Å². The summed E-state index contributed by atoms with van der Waals surface area (Å²) in [6, 6.07) is 20.0. The molecule has 0 aliphatic carbocycles. The molecule has 2 N–H and O–H groups in total. The third-order valence-electron chi connectivity index (χ3n) is 11.8. The van der Waals surface area contributed by atoms with Crippen LogP contribution in [0.4, 0.5) is 22.7 Å². The van der Waals surface area contributed by atoms with Crippen LogP contribution in [0, 0.1) is 0 Å². The molecule has 0 fully saturated rings. The highest BCUT2D eigenvalue weighted by atomic mass is 15.0. The number of anilines is 4. The second-order valence-electron chi connectivity index (χ2n) is 20.3. The molecule has 4 aromatic carbocycles. The van der Waals surface area contributed by atoms with Crippen LogP contribution in [0.3, 0.4) is 0 Å². The molecule has 3 aliphatic heterocycles. The van der Waals surface area contributed by atoms with Crippen molar-refractivity contribution in [2.45, 2.75) is 143 Å². The average molecular weight is 639 g/mol. The van der Waals surface area contributed by atoms with E-state index < -0.39 is 0 Å². The van der Waals surface area contributed by atoms with Crippen molar-refractivity contribution in [2.24, 2.45) is 0 Å². The first-order chi connectivity index (χ1) is 21.8. The predicted molar refractivity (Wildman–Crippen MR) is 209 cm³/mol. The molecule has 0 spiro atoms. The minimum absolute atomic E-state index is 0.00680. The van der Waals surface area contributed by atoms with Gasteiger partial charge in [0.25, 0.3) is 0 Å². The first-order valence-corrected chi connectivity index (χ1v) is 18.1. The molecular weight excluding hydrogens is 581 g/mol. The molecule has 4 aromatic rings. The van der Waals surface area contributed by atoms with E-state index in [1.807, 2.05) is 0 Å². The van der Waals surface area contributed by atoms with Gasteiger partial charge in [-0.15, -0.1) is 0 Å². The molecule has 0 unspecified atom stereocenters. The first-order valence-electron chi connectivity index (χ1n) is 18.1. The van der Waals surface area contributed by atoms with Crippen molar-refractivity contribution in [3.63, 3.8) is 0 Å². The van der Waals surface area contributed by atoms with Crippen LogP contribution in [0.5, 0.6) is 0 Å². The standard InChI is InChI=1S/C46H58N2/c1-41(2,3)25-17-29-30-18-26(42(4,5)6)23-35-38(30)48-40-32(20-28(44(10,11)12)24-36(40)46(35,15)16)31-19-27(43(7,8)9)22-34-39(31)47-37(29)33(21-25)45(34,13)14/h17-24,47-48H,1-16H3. The maximum atomic E-state index is 4.19. The predicted octanol–water partition coefficient (Wildman–Crippen LogP) is 13.3. The van der Waals surface area contributed by atoms with Crippen LogP contribution < -0.4 is 10.6 Å². The van der Waals surface area contributed by atoms with Gasteiger partial charge in [-0.05, 0) is 90.4 Å². The molecular formula is C46H58N2. The van der Waals surface area contributed by atoms with Gasteiger partial charge in [0.15, 0.2) is 0 Å². The first kappa shape index (κ1) is 33.0. The van der Waals surface area contributed by atoms with Crippen molar-refractivity contribution in [1.82, 2.24) is 0 Å². The van der Waals surface area contributed by atoms with Gasteiger partial charge in [0.2, 0.25) is 0 Å². The molecule has 252 valence electrons.